The van der Waals surface area contributed by atoms with Gasteiger partial charge in [-0.2, -0.15) is 0 Å². The number of benzene rings is 1. The Morgan fingerprint density at radius 1 is 1.38 bits per heavy atom. The fourth-order valence-corrected chi connectivity index (χ4v) is 3.73. The van der Waals surface area contributed by atoms with E-state index in [4.69, 9.17) is 9.47 Å². The molecule has 0 aliphatic carbocycles. The fraction of sp³-hybridized carbons (Fsp3) is 0.562. The number of nitrogens with zero attached hydrogens (tertiary/aromatic N) is 1. The molecule has 1 fully saturated rings. The quantitative estimate of drug-likeness (QED) is 0.829. The van der Waals surface area contributed by atoms with E-state index in [2.05, 4.69) is 4.72 Å². The molecule has 1 heterocycles. The van der Waals surface area contributed by atoms with Gasteiger partial charge in [-0.25, -0.2) is 13.1 Å². The molecule has 1 aliphatic heterocycles. The van der Waals surface area contributed by atoms with Gasteiger partial charge in [0.2, 0.25) is 10.0 Å². The van der Waals surface area contributed by atoms with Crippen molar-refractivity contribution < 1.29 is 22.7 Å². The highest BCUT2D eigenvalue weighted by Gasteiger charge is 2.25. The number of rotatable bonds is 6. The van der Waals surface area contributed by atoms with E-state index in [1.807, 2.05) is 6.92 Å². The van der Waals surface area contributed by atoms with Crippen LogP contribution >= 0.6 is 0 Å². The molecule has 7 nitrogen and oxygen atoms in total. The smallest absolute Gasteiger partial charge is 0.257 e. The van der Waals surface area contributed by atoms with Crippen molar-refractivity contribution in [2.24, 2.45) is 0 Å². The van der Waals surface area contributed by atoms with Gasteiger partial charge in [0, 0.05) is 19.1 Å². The van der Waals surface area contributed by atoms with E-state index in [9.17, 15) is 13.2 Å². The molecule has 1 saturated heterocycles. The lowest BCUT2D eigenvalue weighted by Crippen LogP contribution is -2.41. The first-order valence-electron chi connectivity index (χ1n) is 7.96. The van der Waals surface area contributed by atoms with E-state index >= 15 is 0 Å². The molecular weight excluding hydrogens is 332 g/mol. The van der Waals surface area contributed by atoms with Crippen LogP contribution in [-0.4, -0.2) is 58.7 Å². The Labute approximate surface area is 143 Å². The molecule has 2 rings (SSSR count). The maximum atomic E-state index is 12.7. The predicted octanol–water partition coefficient (Wildman–Crippen LogP) is 1.24. The van der Waals surface area contributed by atoms with Crippen LogP contribution in [0.1, 0.15) is 30.6 Å². The first-order chi connectivity index (χ1) is 11.4. The molecule has 0 saturated carbocycles. The number of amides is 1. The van der Waals surface area contributed by atoms with Gasteiger partial charge in [0.15, 0.2) is 0 Å². The maximum Gasteiger partial charge on any atom is 0.257 e. The summed E-state index contributed by atoms with van der Waals surface area (Å²) in [5, 5.41) is 0. The molecule has 0 aromatic heterocycles. The predicted molar refractivity (Wildman–Crippen MR) is 89.8 cm³/mol. The molecule has 1 atom stereocenters. The van der Waals surface area contributed by atoms with Gasteiger partial charge in [-0.3, -0.25) is 4.79 Å². The zero-order valence-corrected chi connectivity index (χ0v) is 15.1. The minimum Gasteiger partial charge on any atom is -0.496 e. The summed E-state index contributed by atoms with van der Waals surface area (Å²) in [7, 11) is -2.23. The van der Waals surface area contributed by atoms with Crippen LogP contribution in [0.3, 0.4) is 0 Å². The molecule has 1 aromatic carbocycles. The van der Waals surface area contributed by atoms with Crippen LogP contribution in [-0.2, 0) is 14.8 Å². The van der Waals surface area contributed by atoms with Crippen LogP contribution < -0.4 is 9.46 Å². The molecule has 1 amide bonds. The van der Waals surface area contributed by atoms with Crippen LogP contribution in [0.2, 0.25) is 0 Å². The van der Waals surface area contributed by atoms with Crippen molar-refractivity contribution in [2.75, 3.05) is 33.4 Å². The number of carbonyl (C=O) groups excluding carboxylic acids is 1. The second-order valence-corrected chi connectivity index (χ2v) is 7.41. The largest absolute Gasteiger partial charge is 0.496 e. The molecule has 0 bridgehead atoms. The summed E-state index contributed by atoms with van der Waals surface area (Å²) in [4.78, 5) is 14.4. The van der Waals surface area contributed by atoms with Crippen LogP contribution in [0.5, 0.6) is 5.75 Å². The molecule has 1 aliphatic rings. The summed E-state index contributed by atoms with van der Waals surface area (Å²) in [5.74, 6) is 0.102. The number of methoxy groups -OCH3 is 1. The monoisotopic (exact) mass is 356 g/mol. The lowest BCUT2D eigenvalue weighted by atomic mass is 10.1. The Balaban J connectivity index is 2.35. The van der Waals surface area contributed by atoms with E-state index in [1.54, 1.807) is 11.8 Å². The maximum absolute atomic E-state index is 12.7. The molecule has 134 valence electrons. The SMILES string of the molecule is CC[C@H](C)NS(=O)(=O)c1ccc(OC)c(C(=O)N2CCOCC2)c1. The molecular formula is C16H24N2O5S. The summed E-state index contributed by atoms with van der Waals surface area (Å²) in [6.45, 7) is 5.59. The van der Waals surface area contributed by atoms with E-state index in [0.717, 1.165) is 0 Å². The Morgan fingerprint density at radius 3 is 2.62 bits per heavy atom. The summed E-state index contributed by atoms with van der Waals surface area (Å²) in [6, 6.07) is 4.15. The number of hydrogen-bond acceptors (Lipinski definition) is 5. The number of hydrogen-bond donors (Lipinski definition) is 1. The van der Waals surface area contributed by atoms with Gasteiger partial charge in [-0.05, 0) is 31.5 Å². The minimum atomic E-state index is -3.68. The number of morpholine rings is 1. The Bertz CT molecular complexity index is 684. The van der Waals surface area contributed by atoms with Gasteiger partial charge >= 0.3 is 0 Å². The van der Waals surface area contributed by atoms with Crippen LogP contribution in [0.4, 0.5) is 0 Å². The number of nitrogens with one attached hydrogen (secondary N) is 1. The van der Waals surface area contributed by atoms with Gasteiger partial charge in [0.25, 0.3) is 5.91 Å². The molecule has 0 radical (unpaired) electrons. The van der Waals surface area contributed by atoms with E-state index in [0.29, 0.717) is 38.5 Å². The van der Waals surface area contributed by atoms with Gasteiger partial charge in [0.1, 0.15) is 5.75 Å². The number of carbonyl (C=O) groups is 1. The highest BCUT2D eigenvalue weighted by atomic mass is 32.2. The van der Waals surface area contributed by atoms with Crippen LogP contribution in [0.25, 0.3) is 0 Å². The zero-order valence-electron chi connectivity index (χ0n) is 14.2. The van der Waals surface area contributed by atoms with Crippen molar-refractivity contribution in [1.29, 1.82) is 0 Å². The average Bonchev–Trinajstić information content (AvgIpc) is 2.60. The molecule has 0 unspecified atom stereocenters. The zero-order chi connectivity index (χ0) is 17.7. The molecule has 0 spiro atoms. The van der Waals surface area contributed by atoms with Gasteiger partial charge in [0.05, 0.1) is 30.8 Å². The normalized spacial score (nSPS) is 16.7. The summed E-state index contributed by atoms with van der Waals surface area (Å²) in [6.07, 6.45) is 0.676. The summed E-state index contributed by atoms with van der Waals surface area (Å²) in [5.41, 5.74) is 0.242. The first kappa shape index (κ1) is 18.7. The standard InChI is InChI=1S/C16H24N2O5S/c1-4-12(2)17-24(20,21)13-5-6-15(22-3)14(11-13)16(19)18-7-9-23-10-8-18/h5-6,11-12,17H,4,7-10H2,1-3H3/t12-/m0/s1. The van der Waals surface area contributed by atoms with Gasteiger partial charge in [-0.1, -0.05) is 6.92 Å². The van der Waals surface area contributed by atoms with Crippen molar-refractivity contribution in [2.45, 2.75) is 31.2 Å². The van der Waals surface area contributed by atoms with Crippen molar-refractivity contribution >= 4 is 15.9 Å². The number of sulfonamides is 1. The highest BCUT2D eigenvalue weighted by Crippen LogP contribution is 2.24. The van der Waals surface area contributed by atoms with E-state index < -0.39 is 10.0 Å². The fourth-order valence-electron chi connectivity index (χ4n) is 2.37. The average molecular weight is 356 g/mol. The lowest BCUT2D eigenvalue weighted by Gasteiger charge is -2.27. The molecule has 1 N–H and O–H groups in total. The van der Waals surface area contributed by atoms with Crippen molar-refractivity contribution in [1.82, 2.24) is 9.62 Å². The third kappa shape index (κ3) is 4.25. The van der Waals surface area contributed by atoms with Crippen molar-refractivity contribution in [3.05, 3.63) is 23.8 Å². The third-order valence-corrected chi connectivity index (χ3v) is 5.57. The van der Waals surface area contributed by atoms with Crippen molar-refractivity contribution in [3.8, 4) is 5.75 Å². The second kappa shape index (κ2) is 7.96. The Hall–Kier alpha value is -1.64. The van der Waals surface area contributed by atoms with E-state index in [-0.39, 0.29) is 22.4 Å². The summed E-state index contributed by atoms with van der Waals surface area (Å²) >= 11 is 0. The first-order valence-corrected chi connectivity index (χ1v) is 9.44. The molecule has 1 aromatic rings. The molecule has 8 heteroatoms. The Kier molecular flexibility index (Phi) is 6.20. The van der Waals surface area contributed by atoms with Crippen LogP contribution in [0, 0.1) is 0 Å². The van der Waals surface area contributed by atoms with Gasteiger partial charge in [-0.15, -0.1) is 0 Å². The summed E-state index contributed by atoms with van der Waals surface area (Å²) < 4.78 is 38.0. The topological polar surface area (TPSA) is 84.9 Å². The highest BCUT2D eigenvalue weighted by molar-refractivity contribution is 7.89. The molecule has 24 heavy (non-hydrogen) atoms. The Morgan fingerprint density at radius 2 is 2.04 bits per heavy atom. The van der Waals surface area contributed by atoms with Crippen molar-refractivity contribution in [3.63, 3.8) is 0 Å². The number of ether oxygens (including phenoxy) is 2. The minimum absolute atomic E-state index is 0.0557. The lowest BCUT2D eigenvalue weighted by molar-refractivity contribution is 0.0300. The second-order valence-electron chi connectivity index (χ2n) is 5.70. The third-order valence-electron chi connectivity index (χ3n) is 3.98. The van der Waals surface area contributed by atoms with Gasteiger partial charge < -0.3 is 14.4 Å². The van der Waals surface area contributed by atoms with Crippen LogP contribution in [0.15, 0.2) is 23.1 Å². The van der Waals surface area contributed by atoms with E-state index in [1.165, 1.54) is 25.3 Å².